The molecule has 0 saturated carbocycles. The molecule has 0 fully saturated rings. The zero-order valence-corrected chi connectivity index (χ0v) is 10.3. The Kier molecular flexibility index (Phi) is 3.62. The number of anilines is 1. The largest absolute Gasteiger partial charge is 0.497 e. The lowest BCUT2D eigenvalue weighted by molar-refractivity contribution is 0.168. The fourth-order valence-corrected chi connectivity index (χ4v) is 1.59. The van der Waals surface area contributed by atoms with Crippen LogP contribution >= 0.6 is 0 Å². The Morgan fingerprint density at radius 1 is 1.39 bits per heavy atom. The number of hydrogen-bond donors (Lipinski definition) is 1. The van der Waals surface area contributed by atoms with Crippen molar-refractivity contribution < 1.29 is 14.3 Å². The quantitative estimate of drug-likeness (QED) is 0.904. The molecule has 5 heteroatoms. The Morgan fingerprint density at radius 3 is 2.94 bits per heavy atom. The molecule has 18 heavy (non-hydrogen) atoms. The normalized spacial score (nSPS) is 10.1. The average Bonchev–Trinajstić information content (AvgIpc) is 2.38. The van der Waals surface area contributed by atoms with Crippen molar-refractivity contribution >= 4 is 22.7 Å². The van der Waals surface area contributed by atoms with Crippen LogP contribution in [0.5, 0.6) is 5.75 Å². The summed E-state index contributed by atoms with van der Waals surface area (Å²) in [5, 5.41) is 3.50. The molecule has 1 aromatic carbocycles. The van der Waals surface area contributed by atoms with E-state index in [0.717, 1.165) is 16.7 Å². The molecule has 0 aliphatic carbocycles. The van der Waals surface area contributed by atoms with E-state index in [2.05, 4.69) is 10.3 Å². The molecule has 5 nitrogen and oxygen atoms in total. The van der Waals surface area contributed by atoms with Gasteiger partial charge in [-0.15, -0.1) is 0 Å². The van der Waals surface area contributed by atoms with Crippen LogP contribution in [-0.2, 0) is 4.74 Å². The van der Waals surface area contributed by atoms with Gasteiger partial charge in [-0.2, -0.15) is 0 Å². The predicted octanol–water partition coefficient (Wildman–Crippen LogP) is 2.81. The molecule has 2 rings (SSSR count). The number of methoxy groups -OCH3 is 1. The minimum absolute atomic E-state index is 0.334. The van der Waals surface area contributed by atoms with Crippen molar-refractivity contribution in [1.29, 1.82) is 0 Å². The van der Waals surface area contributed by atoms with Crippen molar-refractivity contribution in [3.63, 3.8) is 0 Å². The molecule has 0 atom stereocenters. The number of pyridine rings is 1. The highest BCUT2D eigenvalue weighted by Crippen LogP contribution is 2.21. The number of amides is 1. The second kappa shape index (κ2) is 5.35. The molecule has 2 aromatic rings. The van der Waals surface area contributed by atoms with Crippen LogP contribution in [0.1, 0.15) is 6.92 Å². The van der Waals surface area contributed by atoms with Crippen LogP contribution in [0.4, 0.5) is 10.5 Å². The second-order valence-electron chi connectivity index (χ2n) is 3.63. The molecule has 0 aliphatic heterocycles. The zero-order chi connectivity index (χ0) is 13.0. The molecular weight excluding hydrogens is 232 g/mol. The van der Waals surface area contributed by atoms with Gasteiger partial charge in [0.15, 0.2) is 0 Å². The molecule has 1 heterocycles. The number of carbonyl (C=O) groups excluding carboxylic acids is 1. The van der Waals surface area contributed by atoms with Gasteiger partial charge in [0.25, 0.3) is 0 Å². The van der Waals surface area contributed by atoms with Gasteiger partial charge in [0, 0.05) is 5.39 Å². The standard InChI is InChI=1S/C13H14N2O3/c1-3-18-13(16)15-10-6-9-7-11(17-2)4-5-12(9)14-8-10/h4-8H,3H2,1-2H3,(H,15,16). The molecule has 0 bridgehead atoms. The van der Waals surface area contributed by atoms with Crippen LogP contribution in [-0.4, -0.2) is 24.8 Å². The lowest BCUT2D eigenvalue weighted by Gasteiger charge is -2.06. The first kappa shape index (κ1) is 12.2. The fraction of sp³-hybridized carbons (Fsp3) is 0.231. The lowest BCUT2D eigenvalue weighted by Crippen LogP contribution is -2.13. The van der Waals surface area contributed by atoms with Gasteiger partial charge < -0.3 is 9.47 Å². The number of fused-ring (bicyclic) bond motifs is 1. The fourth-order valence-electron chi connectivity index (χ4n) is 1.59. The van der Waals surface area contributed by atoms with Crippen LogP contribution in [0.25, 0.3) is 10.9 Å². The van der Waals surface area contributed by atoms with Crippen molar-refractivity contribution in [2.24, 2.45) is 0 Å². The van der Waals surface area contributed by atoms with Crippen LogP contribution in [0.3, 0.4) is 0 Å². The van der Waals surface area contributed by atoms with Gasteiger partial charge in [0.1, 0.15) is 5.75 Å². The third kappa shape index (κ3) is 2.68. The molecule has 94 valence electrons. The van der Waals surface area contributed by atoms with Crippen LogP contribution in [0.15, 0.2) is 30.5 Å². The number of nitrogens with one attached hydrogen (secondary N) is 1. The molecule has 0 aliphatic rings. The molecule has 0 unspecified atom stereocenters. The topological polar surface area (TPSA) is 60.5 Å². The molecule has 0 spiro atoms. The molecule has 0 radical (unpaired) electrons. The van der Waals surface area contributed by atoms with Gasteiger partial charge >= 0.3 is 6.09 Å². The summed E-state index contributed by atoms with van der Waals surface area (Å²) < 4.78 is 9.94. The minimum atomic E-state index is -0.485. The molecular formula is C13H14N2O3. The Hall–Kier alpha value is -2.30. The highest BCUT2D eigenvalue weighted by atomic mass is 16.5. The summed E-state index contributed by atoms with van der Waals surface area (Å²) in [7, 11) is 1.61. The number of benzene rings is 1. The van der Waals surface area contributed by atoms with Crippen LogP contribution in [0, 0.1) is 0 Å². The zero-order valence-electron chi connectivity index (χ0n) is 10.3. The van der Waals surface area contributed by atoms with Gasteiger partial charge in [0.2, 0.25) is 0 Å². The maximum absolute atomic E-state index is 11.3. The third-order valence-electron chi connectivity index (χ3n) is 2.41. The number of ether oxygens (including phenoxy) is 2. The molecule has 1 aromatic heterocycles. The van der Waals surface area contributed by atoms with Gasteiger partial charge in [-0.3, -0.25) is 10.3 Å². The van der Waals surface area contributed by atoms with E-state index < -0.39 is 6.09 Å². The van der Waals surface area contributed by atoms with E-state index >= 15 is 0 Å². The summed E-state index contributed by atoms with van der Waals surface area (Å²) in [6.45, 7) is 2.09. The van der Waals surface area contributed by atoms with Crippen molar-refractivity contribution in [2.75, 3.05) is 19.0 Å². The summed E-state index contributed by atoms with van der Waals surface area (Å²) in [6, 6.07) is 7.39. The van der Waals surface area contributed by atoms with E-state index in [9.17, 15) is 4.79 Å². The van der Waals surface area contributed by atoms with E-state index in [1.54, 1.807) is 20.2 Å². The summed E-state index contributed by atoms with van der Waals surface area (Å²) >= 11 is 0. The van der Waals surface area contributed by atoms with Crippen molar-refractivity contribution in [3.05, 3.63) is 30.5 Å². The lowest BCUT2D eigenvalue weighted by atomic mass is 10.2. The number of aromatic nitrogens is 1. The average molecular weight is 246 g/mol. The number of hydrogen-bond acceptors (Lipinski definition) is 4. The van der Waals surface area contributed by atoms with Crippen LogP contribution < -0.4 is 10.1 Å². The summed E-state index contributed by atoms with van der Waals surface area (Å²) in [5.41, 5.74) is 1.43. The van der Waals surface area contributed by atoms with Crippen LogP contribution in [0.2, 0.25) is 0 Å². The summed E-state index contributed by atoms with van der Waals surface area (Å²) in [5.74, 6) is 0.748. The molecule has 0 saturated heterocycles. The first-order valence-corrected chi connectivity index (χ1v) is 5.60. The van der Waals surface area contributed by atoms with Crippen molar-refractivity contribution in [1.82, 2.24) is 4.98 Å². The number of carbonyl (C=O) groups is 1. The first-order valence-electron chi connectivity index (χ1n) is 5.60. The predicted molar refractivity (Wildman–Crippen MR) is 68.9 cm³/mol. The van der Waals surface area contributed by atoms with E-state index in [0.29, 0.717) is 12.3 Å². The van der Waals surface area contributed by atoms with E-state index in [1.165, 1.54) is 0 Å². The first-order chi connectivity index (χ1) is 8.72. The van der Waals surface area contributed by atoms with Gasteiger partial charge in [-0.25, -0.2) is 4.79 Å². The monoisotopic (exact) mass is 246 g/mol. The van der Waals surface area contributed by atoms with Gasteiger partial charge in [-0.05, 0) is 31.2 Å². The summed E-state index contributed by atoms with van der Waals surface area (Å²) in [6.07, 6.45) is 1.10. The van der Waals surface area contributed by atoms with Crippen molar-refractivity contribution in [3.8, 4) is 5.75 Å². The highest BCUT2D eigenvalue weighted by molar-refractivity contribution is 5.89. The summed E-state index contributed by atoms with van der Waals surface area (Å²) in [4.78, 5) is 15.5. The molecule has 1 amide bonds. The number of nitrogens with zero attached hydrogens (tertiary/aromatic N) is 1. The third-order valence-corrected chi connectivity index (χ3v) is 2.41. The van der Waals surface area contributed by atoms with Gasteiger partial charge in [0.05, 0.1) is 31.1 Å². The number of rotatable bonds is 3. The smallest absolute Gasteiger partial charge is 0.411 e. The van der Waals surface area contributed by atoms with Gasteiger partial charge in [-0.1, -0.05) is 0 Å². The van der Waals surface area contributed by atoms with Crippen molar-refractivity contribution in [2.45, 2.75) is 6.92 Å². The maximum Gasteiger partial charge on any atom is 0.411 e. The highest BCUT2D eigenvalue weighted by Gasteiger charge is 2.04. The Morgan fingerprint density at radius 2 is 2.22 bits per heavy atom. The van der Waals surface area contributed by atoms with E-state index in [1.807, 2.05) is 24.3 Å². The SMILES string of the molecule is CCOC(=O)Nc1cnc2ccc(OC)cc2c1. The molecule has 1 N–H and O–H groups in total. The van der Waals surface area contributed by atoms with E-state index in [-0.39, 0.29) is 0 Å². The minimum Gasteiger partial charge on any atom is -0.497 e. The maximum atomic E-state index is 11.3. The Balaban J connectivity index is 2.27. The second-order valence-corrected chi connectivity index (χ2v) is 3.63. The van der Waals surface area contributed by atoms with E-state index in [4.69, 9.17) is 9.47 Å². The Labute approximate surface area is 105 Å². The Bertz CT molecular complexity index is 569.